The summed E-state index contributed by atoms with van der Waals surface area (Å²) in [5.74, 6) is 0. The van der Waals surface area contributed by atoms with E-state index >= 15 is 0 Å². The Hall–Kier alpha value is -3.52. The molecule has 0 aliphatic rings. The third-order valence-electron chi connectivity index (χ3n) is 5.35. The van der Waals surface area contributed by atoms with Crippen LogP contribution in [0.15, 0.2) is 87.7 Å². The Morgan fingerprint density at radius 3 is 1.85 bits per heavy atom. The smallest absolute Gasteiger partial charge is 0.143 e. The average Bonchev–Trinajstić information content (AvgIpc) is 3.26. The number of para-hydroxylation sites is 3. The fraction of sp³-hybridized carbons (Fsp3) is 0.0400. The fourth-order valence-electron chi connectivity index (χ4n) is 4.08. The molecule has 2 heterocycles. The Kier molecular flexibility index (Phi) is 2.84. The van der Waals surface area contributed by atoms with E-state index in [1.807, 2.05) is 18.2 Å². The van der Waals surface area contributed by atoms with Crippen molar-refractivity contribution in [1.82, 2.24) is 0 Å². The van der Waals surface area contributed by atoms with Crippen molar-refractivity contribution >= 4 is 43.9 Å². The molecule has 0 spiro atoms. The molecule has 6 aromatic rings. The maximum atomic E-state index is 6.27. The van der Waals surface area contributed by atoms with E-state index in [2.05, 4.69) is 67.6 Å². The topological polar surface area (TPSA) is 26.3 Å². The van der Waals surface area contributed by atoms with E-state index < -0.39 is 0 Å². The summed E-state index contributed by atoms with van der Waals surface area (Å²) in [4.78, 5) is 0. The van der Waals surface area contributed by atoms with E-state index in [1.54, 1.807) is 0 Å². The number of fused-ring (bicyclic) bond motifs is 6. The second-order valence-corrected chi connectivity index (χ2v) is 7.06. The minimum atomic E-state index is 0.905. The molecule has 0 aliphatic carbocycles. The average molecular weight is 348 g/mol. The number of aryl methyl sites for hydroxylation is 1. The van der Waals surface area contributed by atoms with Crippen molar-refractivity contribution < 1.29 is 8.83 Å². The zero-order chi connectivity index (χ0) is 18.0. The summed E-state index contributed by atoms with van der Waals surface area (Å²) >= 11 is 0. The molecule has 128 valence electrons. The lowest BCUT2D eigenvalue weighted by Gasteiger charge is -2.03. The zero-order valence-corrected chi connectivity index (χ0v) is 14.8. The van der Waals surface area contributed by atoms with Gasteiger partial charge in [0.1, 0.15) is 22.3 Å². The van der Waals surface area contributed by atoms with E-state index in [0.717, 1.165) is 55.0 Å². The predicted octanol–water partition coefficient (Wildman–Crippen LogP) is 7.46. The van der Waals surface area contributed by atoms with Crippen molar-refractivity contribution in [2.24, 2.45) is 0 Å². The van der Waals surface area contributed by atoms with Crippen LogP contribution in [0.25, 0.3) is 55.0 Å². The molecule has 2 nitrogen and oxygen atoms in total. The van der Waals surface area contributed by atoms with Gasteiger partial charge in [-0.25, -0.2) is 0 Å². The largest absolute Gasteiger partial charge is 0.455 e. The highest BCUT2D eigenvalue weighted by molar-refractivity contribution is 6.14. The van der Waals surface area contributed by atoms with Gasteiger partial charge in [0.2, 0.25) is 0 Å². The van der Waals surface area contributed by atoms with Crippen molar-refractivity contribution in [3.63, 3.8) is 0 Å². The van der Waals surface area contributed by atoms with Crippen LogP contribution in [-0.4, -0.2) is 0 Å². The van der Waals surface area contributed by atoms with Gasteiger partial charge in [-0.15, -0.1) is 0 Å². The first kappa shape index (κ1) is 14.6. The molecular weight excluding hydrogens is 332 g/mol. The molecule has 0 N–H and O–H groups in total. The van der Waals surface area contributed by atoms with Gasteiger partial charge in [0.25, 0.3) is 0 Å². The van der Waals surface area contributed by atoms with Crippen LogP contribution in [0.3, 0.4) is 0 Å². The van der Waals surface area contributed by atoms with Crippen molar-refractivity contribution in [2.45, 2.75) is 6.92 Å². The third kappa shape index (κ3) is 2.01. The Morgan fingerprint density at radius 1 is 0.519 bits per heavy atom. The summed E-state index contributed by atoms with van der Waals surface area (Å²) in [5.41, 5.74) is 6.99. The monoisotopic (exact) mass is 348 g/mol. The first-order valence-electron chi connectivity index (χ1n) is 9.12. The molecule has 6 rings (SSSR count). The van der Waals surface area contributed by atoms with Crippen molar-refractivity contribution in [1.29, 1.82) is 0 Å². The molecule has 0 bridgehead atoms. The Labute approximate surface area is 155 Å². The minimum absolute atomic E-state index is 0.905. The normalized spacial score (nSPS) is 11.9. The highest BCUT2D eigenvalue weighted by Crippen LogP contribution is 2.40. The van der Waals surface area contributed by atoms with Crippen molar-refractivity contribution in [3.05, 3.63) is 84.4 Å². The first-order chi connectivity index (χ1) is 13.3. The summed E-state index contributed by atoms with van der Waals surface area (Å²) in [6.07, 6.45) is 0. The summed E-state index contributed by atoms with van der Waals surface area (Å²) in [6.45, 7) is 2.11. The van der Waals surface area contributed by atoms with Gasteiger partial charge in [-0.2, -0.15) is 0 Å². The van der Waals surface area contributed by atoms with Crippen LogP contribution in [0.2, 0.25) is 0 Å². The van der Waals surface area contributed by atoms with Crippen LogP contribution in [-0.2, 0) is 0 Å². The molecule has 4 aromatic carbocycles. The summed E-state index contributed by atoms with van der Waals surface area (Å²) in [5, 5.41) is 4.57. The van der Waals surface area contributed by atoms with E-state index in [4.69, 9.17) is 8.83 Å². The maximum Gasteiger partial charge on any atom is 0.143 e. The van der Waals surface area contributed by atoms with Crippen LogP contribution in [0, 0.1) is 6.92 Å². The molecule has 0 saturated heterocycles. The molecule has 0 amide bonds. The second kappa shape index (κ2) is 5.24. The van der Waals surface area contributed by atoms with Gasteiger partial charge >= 0.3 is 0 Å². The molecule has 0 atom stereocenters. The quantitative estimate of drug-likeness (QED) is 0.308. The van der Waals surface area contributed by atoms with Gasteiger partial charge in [0.15, 0.2) is 0 Å². The molecular formula is C25H16O2. The SMILES string of the molecule is Cc1ccc2oc3c(-c4cccc5c4oc4ccccc45)cccc3c2c1. The second-order valence-electron chi connectivity index (χ2n) is 7.06. The molecule has 2 aromatic heterocycles. The van der Waals surface area contributed by atoms with Gasteiger partial charge in [-0.3, -0.25) is 0 Å². The Balaban J connectivity index is 1.74. The standard InChI is InChI=1S/C25H16O2/c1-15-12-13-23-21(14-15)20-10-5-9-19(25(20)27-23)18-8-4-7-17-16-6-2-3-11-22(16)26-24(17)18/h2-14H,1H3. The lowest BCUT2D eigenvalue weighted by Crippen LogP contribution is -1.80. The van der Waals surface area contributed by atoms with Gasteiger partial charge in [-0.05, 0) is 25.1 Å². The molecule has 2 heteroatoms. The van der Waals surface area contributed by atoms with Crippen LogP contribution >= 0.6 is 0 Å². The zero-order valence-electron chi connectivity index (χ0n) is 14.8. The van der Waals surface area contributed by atoms with Crippen LogP contribution < -0.4 is 0 Å². The Morgan fingerprint density at radius 2 is 1.11 bits per heavy atom. The maximum absolute atomic E-state index is 6.27. The lowest BCUT2D eigenvalue weighted by molar-refractivity contribution is 0.665. The molecule has 0 fully saturated rings. The van der Waals surface area contributed by atoms with Crippen molar-refractivity contribution in [2.75, 3.05) is 0 Å². The van der Waals surface area contributed by atoms with Gasteiger partial charge in [0.05, 0.1) is 0 Å². The van der Waals surface area contributed by atoms with Crippen LogP contribution in [0.1, 0.15) is 5.56 Å². The minimum Gasteiger partial charge on any atom is -0.455 e. The third-order valence-corrected chi connectivity index (χ3v) is 5.35. The molecule has 0 radical (unpaired) electrons. The summed E-state index contributed by atoms with van der Waals surface area (Å²) in [6, 6.07) is 27.2. The van der Waals surface area contributed by atoms with Gasteiger partial charge in [0, 0.05) is 32.7 Å². The van der Waals surface area contributed by atoms with Gasteiger partial charge < -0.3 is 8.83 Å². The van der Waals surface area contributed by atoms with E-state index in [9.17, 15) is 0 Å². The molecule has 0 unspecified atom stereocenters. The van der Waals surface area contributed by atoms with Crippen molar-refractivity contribution in [3.8, 4) is 11.1 Å². The fourth-order valence-corrected chi connectivity index (χ4v) is 4.08. The lowest BCUT2D eigenvalue weighted by atomic mass is 10.00. The highest BCUT2D eigenvalue weighted by Gasteiger charge is 2.16. The predicted molar refractivity (Wildman–Crippen MR) is 111 cm³/mol. The van der Waals surface area contributed by atoms with E-state index in [0.29, 0.717) is 0 Å². The number of rotatable bonds is 1. The molecule has 0 aliphatic heterocycles. The number of benzene rings is 4. The van der Waals surface area contributed by atoms with Crippen LogP contribution in [0.5, 0.6) is 0 Å². The molecule has 27 heavy (non-hydrogen) atoms. The van der Waals surface area contributed by atoms with E-state index in [-0.39, 0.29) is 0 Å². The first-order valence-corrected chi connectivity index (χ1v) is 9.12. The molecule has 0 saturated carbocycles. The number of hydrogen-bond donors (Lipinski definition) is 0. The highest BCUT2D eigenvalue weighted by atomic mass is 16.3. The van der Waals surface area contributed by atoms with Gasteiger partial charge in [-0.1, -0.05) is 66.2 Å². The number of furan rings is 2. The Bertz CT molecular complexity index is 1480. The number of hydrogen-bond acceptors (Lipinski definition) is 2. The summed E-state index contributed by atoms with van der Waals surface area (Å²) in [7, 11) is 0. The summed E-state index contributed by atoms with van der Waals surface area (Å²) < 4.78 is 12.5. The van der Waals surface area contributed by atoms with Crippen LogP contribution in [0.4, 0.5) is 0 Å². The van der Waals surface area contributed by atoms with E-state index in [1.165, 1.54) is 5.56 Å².